The van der Waals surface area contributed by atoms with E-state index in [0.29, 0.717) is 0 Å². The first-order chi connectivity index (χ1) is 19.3. The second kappa shape index (κ2) is 8.55. The highest BCUT2D eigenvalue weighted by atomic mass is 14.5. The Bertz CT molecular complexity index is 1780. The molecule has 0 aromatic heterocycles. The summed E-state index contributed by atoms with van der Waals surface area (Å²) in [6, 6.07) is 54.0. The van der Waals surface area contributed by atoms with E-state index in [1.807, 2.05) is 0 Å². The molecule has 182 valence electrons. The van der Waals surface area contributed by atoms with Crippen LogP contribution in [0.2, 0.25) is 0 Å². The molecule has 0 saturated carbocycles. The molecule has 0 amide bonds. The summed E-state index contributed by atoms with van der Waals surface area (Å²) in [4.78, 5) is 0. The summed E-state index contributed by atoms with van der Waals surface area (Å²) in [7, 11) is 0. The normalized spacial score (nSPS) is 13.7. The van der Waals surface area contributed by atoms with Crippen LogP contribution in [0.4, 0.5) is 0 Å². The lowest BCUT2D eigenvalue weighted by atomic mass is 9.67. The maximum Gasteiger partial charge on any atom is 0.0713 e. The number of benzene rings is 6. The van der Waals surface area contributed by atoms with E-state index < -0.39 is 5.41 Å². The lowest BCUT2D eigenvalue weighted by molar-refractivity contribution is 0.769. The summed E-state index contributed by atoms with van der Waals surface area (Å²) < 4.78 is 0. The zero-order chi connectivity index (χ0) is 25.8. The van der Waals surface area contributed by atoms with Crippen molar-refractivity contribution < 1.29 is 0 Å². The average Bonchev–Trinajstić information content (AvgIpc) is 3.31. The molecule has 1 spiro atoms. The van der Waals surface area contributed by atoms with Crippen molar-refractivity contribution in [2.24, 2.45) is 0 Å². The largest absolute Gasteiger partial charge is 0.0713 e. The second-order valence-corrected chi connectivity index (χ2v) is 10.6. The summed E-state index contributed by atoms with van der Waals surface area (Å²) in [5.74, 6) is 0. The molecule has 0 unspecified atom stereocenters. The molecular formula is C39H26. The second-order valence-electron chi connectivity index (χ2n) is 10.6. The lowest BCUT2D eigenvalue weighted by Crippen LogP contribution is -2.28. The molecule has 0 radical (unpaired) electrons. The van der Waals surface area contributed by atoms with Gasteiger partial charge in [-0.3, -0.25) is 0 Å². The number of hydrogen-bond donors (Lipinski definition) is 0. The van der Waals surface area contributed by atoms with Gasteiger partial charge in [0.25, 0.3) is 0 Å². The first-order valence-electron chi connectivity index (χ1n) is 13.6. The van der Waals surface area contributed by atoms with Gasteiger partial charge in [-0.1, -0.05) is 133 Å². The zero-order valence-electron chi connectivity index (χ0n) is 21.5. The molecule has 8 bridgehead atoms. The van der Waals surface area contributed by atoms with Crippen LogP contribution in [-0.2, 0) is 5.41 Å². The Hall–Kier alpha value is -4.94. The van der Waals surface area contributed by atoms with Gasteiger partial charge in [0.1, 0.15) is 0 Å². The van der Waals surface area contributed by atoms with Gasteiger partial charge in [0, 0.05) is 0 Å². The van der Waals surface area contributed by atoms with Crippen molar-refractivity contribution in [1.29, 1.82) is 0 Å². The Kier molecular flexibility index (Phi) is 4.84. The van der Waals surface area contributed by atoms with Crippen molar-refractivity contribution in [2.45, 2.75) is 5.41 Å². The van der Waals surface area contributed by atoms with Gasteiger partial charge in [0.2, 0.25) is 0 Å². The SMILES string of the molecule is C1=Cc2cccc(c2)-c2cccc(c2)C2(c3cccc(c3)-c3cccc1c3)c1ccccc1-c1ccccc12. The van der Waals surface area contributed by atoms with Crippen LogP contribution < -0.4 is 0 Å². The fourth-order valence-electron chi connectivity index (χ4n) is 6.72. The standard InChI is InChI=1S/C39H26/c1-3-19-37-35(17-1)36-18-2-4-20-38(36)39(37)33-15-7-13-31(25-33)29-11-5-9-27(23-29)21-22-28-10-6-12-30(24-28)32-14-8-16-34(39)26-32/h1-26H. The van der Waals surface area contributed by atoms with Crippen LogP contribution in [0.15, 0.2) is 146 Å². The molecule has 6 aromatic rings. The Morgan fingerprint density at radius 1 is 0.333 bits per heavy atom. The highest BCUT2D eigenvalue weighted by Gasteiger charge is 2.46. The Balaban J connectivity index is 1.53. The van der Waals surface area contributed by atoms with Crippen LogP contribution in [0.3, 0.4) is 0 Å². The van der Waals surface area contributed by atoms with Gasteiger partial charge in [-0.05, 0) is 91.0 Å². The molecule has 8 rings (SSSR count). The van der Waals surface area contributed by atoms with Crippen LogP contribution in [0, 0.1) is 0 Å². The van der Waals surface area contributed by atoms with Crippen LogP contribution >= 0.6 is 0 Å². The highest BCUT2D eigenvalue weighted by molar-refractivity contribution is 5.87. The molecule has 0 aliphatic heterocycles. The Labute approximate surface area is 229 Å². The lowest BCUT2D eigenvalue weighted by Gasteiger charge is -2.34. The first-order valence-corrected chi connectivity index (χ1v) is 13.6. The van der Waals surface area contributed by atoms with Gasteiger partial charge < -0.3 is 0 Å². The van der Waals surface area contributed by atoms with E-state index in [1.165, 1.54) is 66.8 Å². The van der Waals surface area contributed by atoms with E-state index in [0.717, 1.165) is 0 Å². The van der Waals surface area contributed by atoms with Crippen molar-refractivity contribution in [2.75, 3.05) is 0 Å². The predicted octanol–water partition coefficient (Wildman–Crippen LogP) is 9.87. The summed E-state index contributed by atoms with van der Waals surface area (Å²) in [6.45, 7) is 0. The number of fused-ring (bicyclic) bond motifs is 17. The van der Waals surface area contributed by atoms with Gasteiger partial charge in [0.05, 0.1) is 5.41 Å². The van der Waals surface area contributed by atoms with E-state index in [-0.39, 0.29) is 0 Å². The van der Waals surface area contributed by atoms with E-state index in [4.69, 9.17) is 0 Å². The van der Waals surface area contributed by atoms with Gasteiger partial charge in [-0.15, -0.1) is 0 Å². The molecule has 0 nitrogen and oxygen atoms in total. The van der Waals surface area contributed by atoms with Crippen molar-refractivity contribution >= 4 is 12.2 Å². The fraction of sp³-hybridized carbons (Fsp3) is 0.0256. The fourth-order valence-corrected chi connectivity index (χ4v) is 6.72. The third-order valence-corrected chi connectivity index (χ3v) is 8.45. The van der Waals surface area contributed by atoms with Crippen LogP contribution in [0.5, 0.6) is 0 Å². The molecule has 2 aliphatic rings. The molecule has 0 heteroatoms. The molecular weight excluding hydrogens is 468 g/mol. The Morgan fingerprint density at radius 2 is 0.744 bits per heavy atom. The number of rotatable bonds is 0. The van der Waals surface area contributed by atoms with Crippen molar-refractivity contribution in [1.82, 2.24) is 0 Å². The van der Waals surface area contributed by atoms with E-state index in [2.05, 4.69) is 158 Å². The highest BCUT2D eigenvalue weighted by Crippen LogP contribution is 2.56. The molecule has 39 heavy (non-hydrogen) atoms. The van der Waals surface area contributed by atoms with Crippen LogP contribution in [0.1, 0.15) is 33.4 Å². The quantitative estimate of drug-likeness (QED) is 0.197. The van der Waals surface area contributed by atoms with Crippen molar-refractivity contribution in [3.05, 3.63) is 179 Å². The minimum Gasteiger partial charge on any atom is -0.0619 e. The van der Waals surface area contributed by atoms with Gasteiger partial charge in [-0.25, -0.2) is 0 Å². The molecule has 0 atom stereocenters. The summed E-state index contributed by atoms with van der Waals surface area (Å²) in [6.07, 6.45) is 4.43. The monoisotopic (exact) mass is 494 g/mol. The smallest absolute Gasteiger partial charge is 0.0619 e. The maximum absolute atomic E-state index is 2.41. The third-order valence-electron chi connectivity index (χ3n) is 8.45. The molecule has 6 aromatic carbocycles. The summed E-state index contributed by atoms with van der Waals surface area (Å²) in [5, 5.41) is 0. The molecule has 2 aliphatic carbocycles. The topological polar surface area (TPSA) is 0 Å². The van der Waals surface area contributed by atoms with Crippen molar-refractivity contribution in [3.8, 4) is 33.4 Å². The van der Waals surface area contributed by atoms with Gasteiger partial charge >= 0.3 is 0 Å². The first kappa shape index (κ1) is 22.1. The van der Waals surface area contributed by atoms with Gasteiger partial charge in [-0.2, -0.15) is 0 Å². The van der Waals surface area contributed by atoms with Gasteiger partial charge in [0.15, 0.2) is 0 Å². The van der Waals surface area contributed by atoms with Crippen molar-refractivity contribution in [3.63, 3.8) is 0 Å². The van der Waals surface area contributed by atoms with Crippen LogP contribution in [0.25, 0.3) is 45.5 Å². The van der Waals surface area contributed by atoms with E-state index in [9.17, 15) is 0 Å². The average molecular weight is 495 g/mol. The van der Waals surface area contributed by atoms with Crippen LogP contribution in [-0.4, -0.2) is 0 Å². The maximum atomic E-state index is 2.41. The summed E-state index contributed by atoms with van der Waals surface area (Å²) >= 11 is 0. The van der Waals surface area contributed by atoms with E-state index >= 15 is 0 Å². The third kappa shape index (κ3) is 3.32. The molecule has 0 fully saturated rings. The van der Waals surface area contributed by atoms with E-state index in [1.54, 1.807) is 0 Å². The molecule has 0 N–H and O–H groups in total. The minimum absolute atomic E-state index is 0.424. The molecule has 0 saturated heterocycles. The predicted molar refractivity (Wildman–Crippen MR) is 164 cm³/mol. The zero-order valence-corrected chi connectivity index (χ0v) is 21.5. The minimum atomic E-state index is -0.424. The number of hydrogen-bond acceptors (Lipinski definition) is 0. The Morgan fingerprint density at radius 3 is 1.23 bits per heavy atom. The summed E-state index contributed by atoms with van der Waals surface area (Å²) in [5.41, 5.74) is 14.8. The molecule has 0 heterocycles.